The summed E-state index contributed by atoms with van der Waals surface area (Å²) in [4.78, 5) is 4.85. The van der Waals surface area contributed by atoms with Crippen molar-refractivity contribution in [2.45, 2.75) is 0 Å². The molecule has 4 N–H and O–H groups in total. The minimum absolute atomic E-state index is 0.126. The Kier molecular flexibility index (Phi) is 4.08. The van der Waals surface area contributed by atoms with Crippen LogP contribution in [0.15, 0.2) is 61.2 Å². The summed E-state index contributed by atoms with van der Waals surface area (Å²) in [6.07, 6.45) is 1.67. The molecule has 0 saturated carbocycles. The molecule has 2 rings (SSSR count). The van der Waals surface area contributed by atoms with Gasteiger partial charge >= 0.3 is 0 Å². The van der Waals surface area contributed by atoms with Crippen molar-refractivity contribution in [1.29, 1.82) is 0 Å². The SMILES string of the molecule is C=C(/C=C(\ON)c1cccc(O)c1)c1ccc(O)cc1. The number of phenols is 2. The van der Waals surface area contributed by atoms with Crippen molar-refractivity contribution in [3.8, 4) is 11.5 Å². The van der Waals surface area contributed by atoms with Gasteiger partial charge in [0.05, 0.1) is 0 Å². The maximum Gasteiger partial charge on any atom is 0.154 e. The van der Waals surface area contributed by atoms with Gasteiger partial charge in [-0.15, -0.1) is 0 Å². The lowest BCUT2D eigenvalue weighted by Gasteiger charge is -2.07. The molecule has 2 aromatic rings. The molecule has 102 valence electrons. The molecule has 0 heterocycles. The fourth-order valence-corrected chi connectivity index (χ4v) is 1.76. The zero-order chi connectivity index (χ0) is 14.5. The van der Waals surface area contributed by atoms with Gasteiger partial charge in [-0.3, -0.25) is 0 Å². The maximum absolute atomic E-state index is 9.47. The van der Waals surface area contributed by atoms with Gasteiger partial charge in [0.2, 0.25) is 0 Å². The third kappa shape index (κ3) is 3.18. The van der Waals surface area contributed by atoms with Crippen LogP contribution < -0.4 is 5.90 Å². The van der Waals surface area contributed by atoms with E-state index in [1.807, 2.05) is 0 Å². The zero-order valence-electron chi connectivity index (χ0n) is 10.8. The predicted molar refractivity (Wildman–Crippen MR) is 78.5 cm³/mol. The molecule has 0 amide bonds. The van der Waals surface area contributed by atoms with Crippen LogP contribution in [-0.4, -0.2) is 10.2 Å². The summed E-state index contributed by atoms with van der Waals surface area (Å²) < 4.78 is 0. The average Bonchev–Trinajstić information content (AvgIpc) is 2.45. The third-order valence-electron chi connectivity index (χ3n) is 2.80. The molecule has 0 atom stereocenters. The lowest BCUT2D eigenvalue weighted by atomic mass is 10.0. The van der Waals surface area contributed by atoms with Crippen LogP contribution in [-0.2, 0) is 4.84 Å². The summed E-state index contributed by atoms with van der Waals surface area (Å²) in [5.74, 6) is 5.98. The van der Waals surface area contributed by atoms with Crippen LogP contribution in [0.25, 0.3) is 11.3 Å². The highest BCUT2D eigenvalue weighted by Crippen LogP contribution is 2.24. The van der Waals surface area contributed by atoms with Gasteiger partial charge in [-0.2, -0.15) is 5.90 Å². The third-order valence-corrected chi connectivity index (χ3v) is 2.80. The molecular formula is C16H15NO3. The van der Waals surface area contributed by atoms with Crippen molar-refractivity contribution in [2.75, 3.05) is 0 Å². The van der Waals surface area contributed by atoms with Crippen LogP contribution in [0.5, 0.6) is 11.5 Å². The first kappa shape index (κ1) is 13.7. The Hall–Kier alpha value is -2.72. The molecule has 0 radical (unpaired) electrons. The van der Waals surface area contributed by atoms with E-state index in [0.717, 1.165) is 5.56 Å². The smallest absolute Gasteiger partial charge is 0.154 e. The minimum atomic E-state index is 0.126. The molecule has 0 aliphatic carbocycles. The molecule has 4 nitrogen and oxygen atoms in total. The second-order valence-electron chi connectivity index (χ2n) is 4.25. The summed E-state index contributed by atoms with van der Waals surface area (Å²) in [6, 6.07) is 13.2. The molecule has 0 fully saturated rings. The van der Waals surface area contributed by atoms with Crippen molar-refractivity contribution in [3.63, 3.8) is 0 Å². The number of hydrogen-bond acceptors (Lipinski definition) is 4. The van der Waals surface area contributed by atoms with E-state index in [1.54, 1.807) is 54.6 Å². The molecule has 0 aliphatic heterocycles. The topological polar surface area (TPSA) is 75.7 Å². The van der Waals surface area contributed by atoms with Crippen molar-refractivity contribution in [3.05, 3.63) is 72.3 Å². The molecule has 2 aromatic carbocycles. The Bertz CT molecular complexity index is 645. The van der Waals surface area contributed by atoms with Crippen LogP contribution in [0.3, 0.4) is 0 Å². The van der Waals surface area contributed by atoms with Crippen molar-refractivity contribution in [2.24, 2.45) is 5.90 Å². The number of benzene rings is 2. The molecular weight excluding hydrogens is 254 g/mol. The first-order chi connectivity index (χ1) is 9.60. The highest BCUT2D eigenvalue weighted by molar-refractivity contribution is 5.80. The van der Waals surface area contributed by atoms with E-state index in [9.17, 15) is 10.2 Å². The molecule has 4 heteroatoms. The van der Waals surface area contributed by atoms with Crippen LogP contribution in [0.2, 0.25) is 0 Å². The van der Waals surface area contributed by atoms with Gasteiger partial charge < -0.3 is 15.1 Å². The van der Waals surface area contributed by atoms with Crippen molar-refractivity contribution in [1.82, 2.24) is 0 Å². The Morgan fingerprint density at radius 1 is 1.00 bits per heavy atom. The number of aromatic hydroxyl groups is 2. The van der Waals surface area contributed by atoms with Gasteiger partial charge in [0.25, 0.3) is 0 Å². The van der Waals surface area contributed by atoms with Crippen molar-refractivity contribution < 1.29 is 15.1 Å². The predicted octanol–water partition coefficient (Wildman–Crippen LogP) is 3.04. The number of nitrogens with two attached hydrogens (primary N) is 1. The minimum Gasteiger partial charge on any atom is -0.508 e. The maximum atomic E-state index is 9.47. The highest BCUT2D eigenvalue weighted by atomic mass is 16.6. The second kappa shape index (κ2) is 5.95. The number of hydrogen-bond donors (Lipinski definition) is 3. The van der Waals surface area contributed by atoms with Crippen molar-refractivity contribution >= 4 is 11.3 Å². The largest absolute Gasteiger partial charge is 0.508 e. The lowest BCUT2D eigenvalue weighted by Crippen LogP contribution is -1.99. The standard InChI is InChI=1S/C16H15NO3/c1-11(12-5-7-14(18)8-6-12)9-16(20-17)13-3-2-4-15(19)10-13/h2-10,18-19H,1,17H2/b16-9-. The summed E-state index contributed by atoms with van der Waals surface area (Å²) >= 11 is 0. The van der Waals surface area contributed by atoms with Crippen LogP contribution in [0.4, 0.5) is 0 Å². The van der Waals surface area contributed by atoms with E-state index in [4.69, 9.17) is 10.7 Å². The number of phenolic OH excluding ortho intramolecular Hbond substituents is 2. The Morgan fingerprint density at radius 3 is 2.30 bits per heavy atom. The van der Waals surface area contributed by atoms with E-state index in [2.05, 4.69) is 6.58 Å². The fourth-order valence-electron chi connectivity index (χ4n) is 1.76. The summed E-state index contributed by atoms with van der Waals surface area (Å²) in [6.45, 7) is 3.93. The van der Waals surface area contributed by atoms with E-state index in [-0.39, 0.29) is 11.5 Å². The van der Waals surface area contributed by atoms with Gasteiger partial charge in [0, 0.05) is 5.56 Å². The van der Waals surface area contributed by atoms with E-state index in [0.29, 0.717) is 16.9 Å². The summed E-state index contributed by atoms with van der Waals surface area (Å²) in [7, 11) is 0. The number of rotatable bonds is 4. The lowest BCUT2D eigenvalue weighted by molar-refractivity contribution is 0.291. The molecule has 0 aromatic heterocycles. The van der Waals surface area contributed by atoms with Gasteiger partial charge in [-0.1, -0.05) is 30.8 Å². The molecule has 20 heavy (non-hydrogen) atoms. The normalized spacial score (nSPS) is 11.2. The fraction of sp³-hybridized carbons (Fsp3) is 0. The van der Waals surface area contributed by atoms with E-state index < -0.39 is 0 Å². The Labute approximate surface area is 117 Å². The van der Waals surface area contributed by atoms with Gasteiger partial charge in [-0.05, 0) is 41.5 Å². The molecule has 0 aliphatic rings. The zero-order valence-corrected chi connectivity index (χ0v) is 10.8. The quantitative estimate of drug-likeness (QED) is 0.453. The second-order valence-corrected chi connectivity index (χ2v) is 4.25. The Morgan fingerprint density at radius 2 is 1.70 bits per heavy atom. The molecule has 0 saturated heterocycles. The molecule has 0 unspecified atom stereocenters. The van der Waals surface area contributed by atoms with Crippen LogP contribution in [0, 0.1) is 0 Å². The number of allylic oxidation sites excluding steroid dienone is 2. The molecule has 0 spiro atoms. The first-order valence-electron chi connectivity index (χ1n) is 5.96. The monoisotopic (exact) mass is 269 g/mol. The average molecular weight is 269 g/mol. The van der Waals surface area contributed by atoms with Gasteiger partial charge in [-0.25, -0.2) is 0 Å². The van der Waals surface area contributed by atoms with Gasteiger partial charge in [0.15, 0.2) is 5.76 Å². The summed E-state index contributed by atoms with van der Waals surface area (Å²) in [5.41, 5.74) is 2.15. The van der Waals surface area contributed by atoms with E-state index in [1.165, 1.54) is 0 Å². The van der Waals surface area contributed by atoms with Crippen LogP contribution in [0.1, 0.15) is 11.1 Å². The molecule has 0 bridgehead atoms. The van der Waals surface area contributed by atoms with E-state index >= 15 is 0 Å². The summed E-state index contributed by atoms with van der Waals surface area (Å²) in [5, 5.41) is 18.7. The first-order valence-corrected chi connectivity index (χ1v) is 5.96. The van der Waals surface area contributed by atoms with Crippen LogP contribution >= 0.6 is 0 Å². The highest BCUT2D eigenvalue weighted by Gasteiger charge is 2.05. The Balaban J connectivity index is 2.31. The van der Waals surface area contributed by atoms with Gasteiger partial charge in [0.1, 0.15) is 11.5 Å².